The van der Waals surface area contributed by atoms with Crippen LogP contribution < -0.4 is 5.32 Å². The number of ether oxygens (including phenoxy) is 1. The van der Waals surface area contributed by atoms with Crippen molar-refractivity contribution in [3.63, 3.8) is 0 Å². The number of likely N-dealkylation sites (tertiary alicyclic amines) is 1. The zero-order valence-electron chi connectivity index (χ0n) is 15.8. The van der Waals surface area contributed by atoms with Gasteiger partial charge < -0.3 is 15.0 Å². The van der Waals surface area contributed by atoms with Crippen LogP contribution in [-0.2, 0) is 9.53 Å². The highest BCUT2D eigenvalue weighted by Gasteiger charge is 2.27. The molecule has 0 unspecified atom stereocenters. The van der Waals surface area contributed by atoms with Crippen LogP contribution >= 0.6 is 27.3 Å². The Morgan fingerprint density at radius 3 is 2.70 bits per heavy atom. The molecule has 0 bridgehead atoms. The van der Waals surface area contributed by atoms with Crippen molar-refractivity contribution in [1.29, 1.82) is 0 Å². The van der Waals surface area contributed by atoms with Crippen molar-refractivity contribution in [3.8, 4) is 0 Å². The van der Waals surface area contributed by atoms with E-state index >= 15 is 0 Å². The number of nitrogens with one attached hydrogen (secondary N) is 1. The number of rotatable bonds is 3. The summed E-state index contributed by atoms with van der Waals surface area (Å²) in [6.07, 6.45) is 1.78. The van der Waals surface area contributed by atoms with Gasteiger partial charge in [0.2, 0.25) is 5.91 Å². The minimum absolute atomic E-state index is 0.0242. The summed E-state index contributed by atoms with van der Waals surface area (Å²) in [6.45, 7) is 6.85. The third-order valence-electron chi connectivity index (χ3n) is 4.34. The third-order valence-corrected chi connectivity index (χ3v) is 5.76. The van der Waals surface area contributed by atoms with Gasteiger partial charge in [-0.15, -0.1) is 0 Å². The van der Waals surface area contributed by atoms with Gasteiger partial charge in [0.1, 0.15) is 5.60 Å². The zero-order valence-corrected chi connectivity index (χ0v) is 18.2. The highest BCUT2D eigenvalue weighted by atomic mass is 79.9. The number of thiazole rings is 1. The van der Waals surface area contributed by atoms with Gasteiger partial charge in [-0.2, -0.15) is 0 Å². The number of anilines is 1. The molecule has 0 radical (unpaired) electrons. The molecule has 0 aliphatic carbocycles. The number of hydrogen-bond acceptors (Lipinski definition) is 5. The lowest BCUT2D eigenvalue weighted by atomic mass is 9.93. The average Bonchev–Trinajstić information content (AvgIpc) is 2.94. The van der Waals surface area contributed by atoms with E-state index < -0.39 is 5.60 Å². The monoisotopic (exact) mass is 453 g/mol. The topological polar surface area (TPSA) is 71.5 Å². The number of aromatic nitrogens is 1. The number of fused-ring (bicyclic) bond motifs is 1. The predicted octanol–water partition coefficient (Wildman–Crippen LogP) is 5.03. The van der Waals surface area contributed by atoms with Gasteiger partial charge in [-0.25, -0.2) is 9.78 Å². The molecule has 6 nitrogen and oxygen atoms in total. The maximum atomic E-state index is 12.4. The number of piperidine rings is 1. The Kier molecular flexibility index (Phi) is 6.05. The lowest BCUT2D eigenvalue weighted by Crippen LogP contribution is -2.42. The standard InChI is InChI=1S/C19H24BrN3O3S/c1-19(2,3)26-18(25)23-8-6-12(7-9-23)10-16(24)22-17-21-14-5-4-13(20)11-15(14)27-17/h4-5,11-12H,6-10H2,1-3H3,(H,21,22,24). The molecule has 1 aliphatic rings. The summed E-state index contributed by atoms with van der Waals surface area (Å²) in [5.74, 6) is 0.246. The first kappa shape index (κ1) is 20.1. The molecule has 2 heterocycles. The molecule has 27 heavy (non-hydrogen) atoms. The van der Waals surface area contributed by atoms with Crippen molar-refractivity contribution in [3.05, 3.63) is 22.7 Å². The number of amides is 2. The van der Waals surface area contributed by atoms with E-state index in [0.717, 1.165) is 27.5 Å². The van der Waals surface area contributed by atoms with Crippen LogP contribution in [0.2, 0.25) is 0 Å². The molecule has 1 N–H and O–H groups in total. The fourth-order valence-electron chi connectivity index (χ4n) is 3.03. The highest BCUT2D eigenvalue weighted by Crippen LogP contribution is 2.29. The zero-order chi connectivity index (χ0) is 19.6. The van der Waals surface area contributed by atoms with Crippen LogP contribution in [0.15, 0.2) is 22.7 Å². The van der Waals surface area contributed by atoms with Crippen LogP contribution in [0, 0.1) is 5.92 Å². The Bertz CT molecular complexity index is 838. The van der Waals surface area contributed by atoms with E-state index in [1.54, 1.807) is 4.90 Å². The molecule has 0 spiro atoms. The average molecular weight is 454 g/mol. The summed E-state index contributed by atoms with van der Waals surface area (Å²) in [7, 11) is 0. The van der Waals surface area contributed by atoms with Crippen molar-refractivity contribution in [2.75, 3.05) is 18.4 Å². The van der Waals surface area contributed by atoms with Crippen molar-refractivity contribution in [2.45, 2.75) is 45.6 Å². The summed E-state index contributed by atoms with van der Waals surface area (Å²) < 4.78 is 7.43. The number of nitrogens with zero attached hydrogens (tertiary/aromatic N) is 2. The molecule has 1 aromatic carbocycles. The van der Waals surface area contributed by atoms with Gasteiger partial charge in [0.25, 0.3) is 0 Å². The van der Waals surface area contributed by atoms with Crippen LogP contribution in [-0.4, -0.2) is 40.6 Å². The number of benzene rings is 1. The van der Waals surface area contributed by atoms with Crippen molar-refractivity contribution in [1.82, 2.24) is 9.88 Å². The molecule has 3 rings (SSSR count). The molecule has 0 saturated carbocycles. The first-order valence-electron chi connectivity index (χ1n) is 9.03. The van der Waals surface area contributed by atoms with Crippen molar-refractivity contribution in [2.24, 2.45) is 5.92 Å². The van der Waals surface area contributed by atoms with Gasteiger partial charge in [0.05, 0.1) is 10.2 Å². The first-order valence-corrected chi connectivity index (χ1v) is 10.6. The molecule has 1 saturated heterocycles. The van der Waals surface area contributed by atoms with E-state index in [0.29, 0.717) is 24.6 Å². The summed E-state index contributed by atoms with van der Waals surface area (Å²) in [5.41, 5.74) is 0.393. The van der Waals surface area contributed by atoms with Gasteiger partial charge in [0.15, 0.2) is 5.13 Å². The minimum atomic E-state index is -0.485. The van der Waals surface area contributed by atoms with Gasteiger partial charge in [-0.1, -0.05) is 27.3 Å². The molecule has 146 valence electrons. The Morgan fingerprint density at radius 2 is 2.04 bits per heavy atom. The van der Waals surface area contributed by atoms with Gasteiger partial charge in [-0.05, 0) is 57.7 Å². The van der Waals surface area contributed by atoms with E-state index in [1.807, 2.05) is 39.0 Å². The predicted molar refractivity (Wildman–Crippen MR) is 111 cm³/mol. The second-order valence-corrected chi connectivity index (χ2v) is 9.74. The van der Waals surface area contributed by atoms with E-state index in [1.165, 1.54) is 11.3 Å². The van der Waals surface area contributed by atoms with E-state index in [9.17, 15) is 9.59 Å². The molecule has 2 aromatic rings. The van der Waals surface area contributed by atoms with Crippen LogP contribution in [0.5, 0.6) is 0 Å². The number of carbonyl (C=O) groups excluding carboxylic acids is 2. The molecule has 2 amide bonds. The van der Waals surface area contributed by atoms with E-state index in [2.05, 4.69) is 26.2 Å². The van der Waals surface area contributed by atoms with E-state index in [-0.39, 0.29) is 17.9 Å². The Hall–Kier alpha value is -1.67. The van der Waals surface area contributed by atoms with Gasteiger partial charge in [-0.3, -0.25) is 4.79 Å². The minimum Gasteiger partial charge on any atom is -0.444 e. The smallest absolute Gasteiger partial charge is 0.410 e. The molecule has 1 fully saturated rings. The fourth-order valence-corrected chi connectivity index (χ4v) is 4.46. The maximum absolute atomic E-state index is 12.4. The second-order valence-electron chi connectivity index (χ2n) is 7.79. The summed E-state index contributed by atoms with van der Waals surface area (Å²) in [5, 5.41) is 3.54. The number of halogens is 1. The van der Waals surface area contributed by atoms with Gasteiger partial charge in [0, 0.05) is 24.0 Å². The maximum Gasteiger partial charge on any atom is 0.410 e. The largest absolute Gasteiger partial charge is 0.444 e. The van der Waals surface area contributed by atoms with Crippen LogP contribution in [0.25, 0.3) is 10.2 Å². The van der Waals surface area contributed by atoms with Crippen LogP contribution in [0.4, 0.5) is 9.93 Å². The normalized spacial score (nSPS) is 15.8. The lowest BCUT2D eigenvalue weighted by Gasteiger charge is -2.33. The van der Waals surface area contributed by atoms with Crippen LogP contribution in [0.1, 0.15) is 40.0 Å². The Balaban J connectivity index is 1.48. The number of hydrogen-bond donors (Lipinski definition) is 1. The first-order chi connectivity index (χ1) is 12.7. The van der Waals surface area contributed by atoms with Crippen molar-refractivity contribution < 1.29 is 14.3 Å². The molecule has 1 aromatic heterocycles. The quantitative estimate of drug-likeness (QED) is 0.706. The fraction of sp³-hybridized carbons (Fsp3) is 0.526. The lowest BCUT2D eigenvalue weighted by molar-refractivity contribution is -0.117. The summed E-state index contributed by atoms with van der Waals surface area (Å²) in [4.78, 5) is 30.7. The van der Waals surface area contributed by atoms with Gasteiger partial charge >= 0.3 is 6.09 Å². The molecule has 1 aliphatic heterocycles. The second kappa shape index (κ2) is 8.14. The van der Waals surface area contributed by atoms with Crippen LogP contribution in [0.3, 0.4) is 0 Å². The molecular formula is C19H24BrN3O3S. The molecular weight excluding hydrogens is 430 g/mol. The number of carbonyl (C=O) groups is 2. The van der Waals surface area contributed by atoms with E-state index in [4.69, 9.17) is 4.74 Å². The molecule has 8 heteroatoms. The van der Waals surface area contributed by atoms with Crippen molar-refractivity contribution >= 4 is 54.6 Å². The summed E-state index contributed by atoms with van der Waals surface area (Å²) >= 11 is 4.91. The Morgan fingerprint density at radius 1 is 1.33 bits per heavy atom. The SMILES string of the molecule is CC(C)(C)OC(=O)N1CCC(CC(=O)Nc2nc3ccc(Br)cc3s2)CC1. The highest BCUT2D eigenvalue weighted by molar-refractivity contribution is 9.10. The molecule has 0 atom stereocenters. The Labute approximate surface area is 171 Å². The third kappa shape index (κ3) is 5.65. The summed E-state index contributed by atoms with van der Waals surface area (Å²) in [6, 6.07) is 5.86.